The number of likely N-dealkylation sites (N-methyl/N-ethyl adjacent to an activating group) is 1. The van der Waals surface area contributed by atoms with E-state index in [0.29, 0.717) is 50.8 Å². The fourth-order valence-electron chi connectivity index (χ4n) is 4.75. The van der Waals surface area contributed by atoms with Crippen LogP contribution in [0.3, 0.4) is 0 Å². The summed E-state index contributed by atoms with van der Waals surface area (Å²) >= 11 is 6.08. The summed E-state index contributed by atoms with van der Waals surface area (Å²) in [5.41, 5.74) is 0. The number of carbonyl (C=O) groups is 2. The topological polar surface area (TPSA) is 90.5 Å². The van der Waals surface area contributed by atoms with Crippen LogP contribution in [0.15, 0.2) is 41.3 Å². The standard InChI is InChI=1S/C25H33ClN4O5S/c1-18(24(31)28-12-14-35-15-13-28)29-9-8-23(25(29)32)30(11-10-27(2)3)36(33,34)22-7-5-19-16-21(26)6-4-20(19)17-22/h4-7,16-18,23H,8-15H2,1-3H3/t18-,23-/m0/s1. The van der Waals surface area contributed by atoms with Crippen molar-refractivity contribution < 1.29 is 22.7 Å². The molecule has 2 heterocycles. The molecule has 9 nitrogen and oxygen atoms in total. The van der Waals surface area contributed by atoms with E-state index in [0.717, 1.165) is 10.8 Å². The van der Waals surface area contributed by atoms with Crippen LogP contribution >= 0.6 is 11.6 Å². The van der Waals surface area contributed by atoms with Crippen molar-refractivity contribution in [1.82, 2.24) is 19.0 Å². The molecule has 2 aliphatic heterocycles. The lowest BCUT2D eigenvalue weighted by Crippen LogP contribution is -2.53. The van der Waals surface area contributed by atoms with Gasteiger partial charge in [-0.3, -0.25) is 9.59 Å². The molecule has 2 aromatic rings. The summed E-state index contributed by atoms with van der Waals surface area (Å²) in [6.45, 7) is 4.58. The SMILES string of the molecule is C[C@@H](C(=O)N1CCOCC1)N1CC[C@H](N(CCN(C)C)S(=O)(=O)c2ccc3cc(Cl)ccc3c2)C1=O. The van der Waals surface area contributed by atoms with Crippen LogP contribution in [0.5, 0.6) is 0 Å². The highest BCUT2D eigenvalue weighted by Crippen LogP contribution is 2.29. The van der Waals surface area contributed by atoms with Gasteiger partial charge >= 0.3 is 0 Å². The molecule has 2 aliphatic rings. The molecule has 11 heteroatoms. The Morgan fingerprint density at radius 2 is 1.75 bits per heavy atom. The molecule has 36 heavy (non-hydrogen) atoms. The molecule has 0 bridgehead atoms. The lowest BCUT2D eigenvalue weighted by molar-refractivity contribution is -0.146. The maximum absolute atomic E-state index is 13.9. The Balaban J connectivity index is 1.60. The minimum absolute atomic E-state index is 0.125. The molecule has 0 N–H and O–H groups in total. The first-order valence-electron chi connectivity index (χ1n) is 12.1. The number of nitrogens with zero attached hydrogens (tertiary/aromatic N) is 4. The monoisotopic (exact) mass is 536 g/mol. The maximum atomic E-state index is 13.9. The Morgan fingerprint density at radius 3 is 2.44 bits per heavy atom. The third-order valence-corrected chi connectivity index (χ3v) is 8.99. The summed E-state index contributed by atoms with van der Waals surface area (Å²) in [6, 6.07) is 8.65. The molecule has 2 atom stereocenters. The Morgan fingerprint density at radius 1 is 1.08 bits per heavy atom. The highest BCUT2D eigenvalue weighted by molar-refractivity contribution is 7.89. The lowest BCUT2D eigenvalue weighted by Gasteiger charge is -2.33. The van der Waals surface area contributed by atoms with Crippen molar-refractivity contribution in [2.45, 2.75) is 30.3 Å². The first-order valence-corrected chi connectivity index (χ1v) is 13.9. The van der Waals surface area contributed by atoms with Crippen LogP contribution in [0.4, 0.5) is 0 Å². The van der Waals surface area contributed by atoms with Crippen molar-refractivity contribution in [3.05, 3.63) is 41.4 Å². The Bertz CT molecular complexity index is 1230. The van der Waals surface area contributed by atoms with Crippen LogP contribution in [0, 0.1) is 0 Å². The summed E-state index contributed by atoms with van der Waals surface area (Å²) in [6.07, 6.45) is 0.329. The van der Waals surface area contributed by atoms with Crippen LogP contribution in [0.2, 0.25) is 5.02 Å². The summed E-state index contributed by atoms with van der Waals surface area (Å²) in [7, 11) is -0.275. The Kier molecular flexibility index (Phi) is 8.21. The quantitative estimate of drug-likeness (QED) is 0.512. The van der Waals surface area contributed by atoms with Crippen LogP contribution in [0.25, 0.3) is 10.8 Å². The van der Waals surface area contributed by atoms with Crippen LogP contribution in [0.1, 0.15) is 13.3 Å². The number of benzene rings is 2. The molecule has 2 aromatic carbocycles. The van der Waals surface area contributed by atoms with Gasteiger partial charge in [-0.2, -0.15) is 4.31 Å². The summed E-state index contributed by atoms with van der Waals surface area (Å²) in [5, 5.41) is 2.15. The second kappa shape index (κ2) is 11.0. The van der Waals surface area contributed by atoms with E-state index in [1.165, 1.54) is 9.21 Å². The maximum Gasteiger partial charge on any atom is 0.245 e. The third-order valence-electron chi connectivity index (χ3n) is 6.85. The fraction of sp³-hybridized carbons (Fsp3) is 0.520. The smallest absolute Gasteiger partial charge is 0.245 e. The number of morpholine rings is 1. The zero-order valence-electron chi connectivity index (χ0n) is 20.9. The van der Waals surface area contributed by atoms with Gasteiger partial charge in [-0.1, -0.05) is 23.7 Å². The van der Waals surface area contributed by atoms with Crippen molar-refractivity contribution in [2.24, 2.45) is 0 Å². The minimum Gasteiger partial charge on any atom is -0.378 e. The van der Waals surface area contributed by atoms with Crippen molar-refractivity contribution in [1.29, 1.82) is 0 Å². The van der Waals surface area contributed by atoms with E-state index in [1.807, 2.05) is 19.0 Å². The number of carbonyl (C=O) groups excluding carboxylic acids is 2. The first-order chi connectivity index (χ1) is 17.1. The predicted molar refractivity (Wildman–Crippen MR) is 138 cm³/mol. The molecule has 0 aromatic heterocycles. The third kappa shape index (κ3) is 5.52. The fourth-order valence-corrected chi connectivity index (χ4v) is 6.57. The number of fused-ring (bicyclic) bond motifs is 1. The molecular weight excluding hydrogens is 504 g/mol. The van der Waals surface area contributed by atoms with E-state index in [-0.39, 0.29) is 23.3 Å². The van der Waals surface area contributed by atoms with Gasteiger partial charge in [0, 0.05) is 37.7 Å². The zero-order valence-corrected chi connectivity index (χ0v) is 22.5. The van der Waals surface area contributed by atoms with Gasteiger partial charge < -0.3 is 19.4 Å². The molecule has 0 spiro atoms. The average Bonchev–Trinajstić information content (AvgIpc) is 3.23. The van der Waals surface area contributed by atoms with Crippen molar-refractivity contribution in [3.63, 3.8) is 0 Å². The molecule has 2 fully saturated rings. The van der Waals surface area contributed by atoms with E-state index in [9.17, 15) is 18.0 Å². The van der Waals surface area contributed by atoms with Crippen molar-refractivity contribution in [3.8, 4) is 0 Å². The van der Waals surface area contributed by atoms with Gasteiger partial charge in [0.05, 0.1) is 18.1 Å². The number of ether oxygens (including phenoxy) is 1. The Hall–Kier alpha value is -2.24. The number of likely N-dealkylation sites (tertiary alicyclic amines) is 1. The van der Waals surface area contributed by atoms with Gasteiger partial charge in [-0.15, -0.1) is 0 Å². The van der Waals surface area contributed by atoms with Crippen molar-refractivity contribution in [2.75, 3.05) is 60.0 Å². The molecule has 2 saturated heterocycles. The van der Waals surface area contributed by atoms with Gasteiger partial charge in [0.15, 0.2) is 0 Å². The zero-order chi connectivity index (χ0) is 26.0. The van der Waals surface area contributed by atoms with E-state index in [1.54, 1.807) is 48.2 Å². The second-order valence-corrected chi connectivity index (χ2v) is 11.8. The molecule has 0 unspecified atom stereocenters. The van der Waals surface area contributed by atoms with Crippen LogP contribution in [-0.2, 0) is 24.3 Å². The molecule has 0 saturated carbocycles. The van der Waals surface area contributed by atoms with Gasteiger partial charge in [-0.05, 0) is 62.5 Å². The highest BCUT2D eigenvalue weighted by Gasteiger charge is 2.44. The largest absolute Gasteiger partial charge is 0.378 e. The molecule has 196 valence electrons. The second-order valence-electron chi connectivity index (χ2n) is 9.52. The minimum atomic E-state index is -3.99. The normalized spacial score (nSPS) is 20.1. The molecule has 0 aliphatic carbocycles. The van der Waals surface area contributed by atoms with Gasteiger partial charge in [0.25, 0.3) is 0 Å². The molecular formula is C25H33ClN4O5S. The average molecular weight is 537 g/mol. The summed E-state index contributed by atoms with van der Waals surface area (Å²) in [4.78, 5) is 31.8. The van der Waals surface area contributed by atoms with E-state index in [4.69, 9.17) is 16.3 Å². The van der Waals surface area contributed by atoms with Gasteiger partial charge in [0.1, 0.15) is 12.1 Å². The number of halogens is 1. The van der Waals surface area contributed by atoms with Gasteiger partial charge in [-0.25, -0.2) is 8.42 Å². The predicted octanol–water partition coefficient (Wildman–Crippen LogP) is 1.89. The molecule has 0 radical (unpaired) electrons. The number of rotatable bonds is 8. The Labute approximate surface area is 217 Å². The van der Waals surface area contributed by atoms with E-state index >= 15 is 0 Å². The highest BCUT2D eigenvalue weighted by atomic mass is 35.5. The van der Waals surface area contributed by atoms with Gasteiger partial charge in [0.2, 0.25) is 21.8 Å². The number of sulfonamides is 1. The first kappa shape index (κ1) is 26.8. The van der Waals surface area contributed by atoms with E-state index in [2.05, 4.69) is 0 Å². The van der Waals surface area contributed by atoms with Crippen molar-refractivity contribution >= 4 is 44.2 Å². The van der Waals surface area contributed by atoms with Crippen LogP contribution in [-0.4, -0.2) is 111 Å². The number of amides is 2. The molecule has 2 amide bonds. The summed E-state index contributed by atoms with van der Waals surface area (Å²) < 4.78 is 34.4. The van der Waals surface area contributed by atoms with Crippen LogP contribution < -0.4 is 0 Å². The van der Waals surface area contributed by atoms with E-state index < -0.39 is 22.1 Å². The number of hydrogen-bond donors (Lipinski definition) is 0. The summed E-state index contributed by atoms with van der Waals surface area (Å²) in [5.74, 6) is -0.470. The lowest BCUT2D eigenvalue weighted by atomic mass is 10.1. The molecule has 4 rings (SSSR count). The number of hydrogen-bond acceptors (Lipinski definition) is 6.